The van der Waals surface area contributed by atoms with Gasteiger partial charge in [0.15, 0.2) is 0 Å². The maximum Gasteiger partial charge on any atom is 0.150 e. The average Bonchev–Trinajstić information content (AvgIpc) is 2.35. The molecule has 0 aliphatic carbocycles. The van der Waals surface area contributed by atoms with E-state index in [0.29, 0.717) is 31.0 Å². The van der Waals surface area contributed by atoms with Gasteiger partial charge in [-0.2, -0.15) is 0 Å². The maximum absolute atomic E-state index is 11.3. The monoisotopic (exact) mass is 269 g/mol. The standard InChI is InChI=1S/C13H19NO3S/c1-17-10-11-2-4-12(5-3-11)14-13-6-8-18(15,16)9-7-13/h2-5,13-14H,6-10H2,1H3. The first-order chi connectivity index (χ1) is 8.59. The fraction of sp³-hybridized carbons (Fsp3) is 0.538. The lowest BCUT2D eigenvalue weighted by atomic mass is 10.1. The number of anilines is 1. The third kappa shape index (κ3) is 3.71. The molecule has 1 aliphatic heterocycles. The molecular formula is C13H19NO3S. The van der Waals surface area contributed by atoms with Crippen LogP contribution in [-0.2, 0) is 21.2 Å². The Morgan fingerprint density at radius 2 is 1.83 bits per heavy atom. The van der Waals surface area contributed by atoms with Crippen LogP contribution in [0.4, 0.5) is 5.69 Å². The Bertz CT molecular complexity index is 467. The van der Waals surface area contributed by atoms with Crippen molar-refractivity contribution in [3.05, 3.63) is 29.8 Å². The summed E-state index contributed by atoms with van der Waals surface area (Å²) < 4.78 is 27.7. The predicted molar refractivity (Wildman–Crippen MR) is 72.5 cm³/mol. The summed E-state index contributed by atoms with van der Waals surface area (Å²) in [5.74, 6) is 0.596. The number of rotatable bonds is 4. The molecule has 1 heterocycles. The van der Waals surface area contributed by atoms with E-state index in [0.717, 1.165) is 11.3 Å². The zero-order chi connectivity index (χ0) is 13.0. The zero-order valence-corrected chi connectivity index (χ0v) is 11.4. The Morgan fingerprint density at radius 1 is 1.22 bits per heavy atom. The van der Waals surface area contributed by atoms with Crippen LogP contribution in [0.3, 0.4) is 0 Å². The summed E-state index contributed by atoms with van der Waals surface area (Å²) in [5.41, 5.74) is 2.17. The molecule has 5 heteroatoms. The van der Waals surface area contributed by atoms with Crippen molar-refractivity contribution in [1.29, 1.82) is 0 Å². The number of benzene rings is 1. The normalized spacial score (nSPS) is 19.6. The first kappa shape index (κ1) is 13.4. The van der Waals surface area contributed by atoms with Gasteiger partial charge in [0.1, 0.15) is 9.84 Å². The molecule has 18 heavy (non-hydrogen) atoms. The van der Waals surface area contributed by atoms with E-state index in [1.54, 1.807) is 7.11 Å². The highest BCUT2D eigenvalue weighted by molar-refractivity contribution is 7.91. The number of nitrogens with one attached hydrogen (secondary N) is 1. The molecule has 0 aromatic heterocycles. The van der Waals surface area contributed by atoms with Crippen LogP contribution in [0, 0.1) is 0 Å². The van der Waals surface area contributed by atoms with Crippen LogP contribution in [0.1, 0.15) is 18.4 Å². The van der Waals surface area contributed by atoms with E-state index in [1.807, 2.05) is 24.3 Å². The van der Waals surface area contributed by atoms with Crippen LogP contribution < -0.4 is 5.32 Å². The van der Waals surface area contributed by atoms with Crippen molar-refractivity contribution in [3.63, 3.8) is 0 Å². The van der Waals surface area contributed by atoms with Gasteiger partial charge in [-0.1, -0.05) is 12.1 Å². The highest BCUT2D eigenvalue weighted by atomic mass is 32.2. The average molecular weight is 269 g/mol. The molecular weight excluding hydrogens is 250 g/mol. The molecule has 0 atom stereocenters. The zero-order valence-electron chi connectivity index (χ0n) is 10.6. The van der Waals surface area contributed by atoms with Gasteiger partial charge < -0.3 is 10.1 Å². The molecule has 1 aromatic rings. The molecule has 0 radical (unpaired) electrons. The topological polar surface area (TPSA) is 55.4 Å². The second kappa shape index (κ2) is 5.71. The molecule has 1 saturated heterocycles. The Kier molecular flexibility index (Phi) is 4.24. The predicted octanol–water partition coefficient (Wildman–Crippen LogP) is 1.82. The van der Waals surface area contributed by atoms with Gasteiger partial charge in [0.25, 0.3) is 0 Å². The van der Waals surface area contributed by atoms with Crippen molar-refractivity contribution in [1.82, 2.24) is 0 Å². The highest BCUT2D eigenvalue weighted by Gasteiger charge is 2.23. The maximum atomic E-state index is 11.3. The number of sulfone groups is 1. The third-order valence-electron chi connectivity index (χ3n) is 3.19. The molecule has 0 unspecified atom stereocenters. The molecule has 1 aromatic carbocycles. The lowest BCUT2D eigenvalue weighted by Gasteiger charge is -2.24. The van der Waals surface area contributed by atoms with Gasteiger partial charge in [-0.05, 0) is 30.5 Å². The van der Waals surface area contributed by atoms with Crippen LogP contribution in [0.15, 0.2) is 24.3 Å². The molecule has 100 valence electrons. The minimum atomic E-state index is -2.78. The second-order valence-corrected chi connectivity index (χ2v) is 7.00. The SMILES string of the molecule is COCc1ccc(NC2CCS(=O)(=O)CC2)cc1. The fourth-order valence-corrected chi connectivity index (χ4v) is 3.63. The largest absolute Gasteiger partial charge is 0.382 e. The Hall–Kier alpha value is -1.07. The fourth-order valence-electron chi connectivity index (χ4n) is 2.13. The van der Waals surface area contributed by atoms with E-state index in [-0.39, 0.29) is 6.04 Å². The Balaban J connectivity index is 1.90. The minimum Gasteiger partial charge on any atom is -0.382 e. The molecule has 4 nitrogen and oxygen atoms in total. The van der Waals surface area contributed by atoms with Gasteiger partial charge in [0.05, 0.1) is 18.1 Å². The first-order valence-corrected chi connectivity index (χ1v) is 7.96. The number of hydrogen-bond donors (Lipinski definition) is 1. The Labute approximate surface area is 108 Å². The molecule has 1 fully saturated rings. The van der Waals surface area contributed by atoms with Gasteiger partial charge in [-0.25, -0.2) is 8.42 Å². The van der Waals surface area contributed by atoms with E-state index in [9.17, 15) is 8.42 Å². The summed E-state index contributed by atoms with van der Waals surface area (Å²) >= 11 is 0. The van der Waals surface area contributed by atoms with Crippen LogP contribution in [0.2, 0.25) is 0 Å². The highest BCUT2D eigenvalue weighted by Crippen LogP contribution is 2.18. The summed E-state index contributed by atoms with van der Waals surface area (Å²) in [4.78, 5) is 0. The van der Waals surface area contributed by atoms with E-state index in [4.69, 9.17) is 4.74 Å². The number of hydrogen-bond acceptors (Lipinski definition) is 4. The molecule has 1 aliphatic rings. The summed E-state index contributed by atoms with van der Waals surface area (Å²) in [6.45, 7) is 0.613. The number of ether oxygens (including phenoxy) is 1. The van der Waals surface area contributed by atoms with Crippen molar-refractivity contribution < 1.29 is 13.2 Å². The van der Waals surface area contributed by atoms with Crippen LogP contribution >= 0.6 is 0 Å². The quantitative estimate of drug-likeness (QED) is 0.906. The molecule has 1 N–H and O–H groups in total. The summed E-state index contributed by atoms with van der Waals surface area (Å²) in [7, 11) is -1.10. The van der Waals surface area contributed by atoms with E-state index in [2.05, 4.69) is 5.32 Å². The second-order valence-electron chi connectivity index (χ2n) is 4.70. The first-order valence-electron chi connectivity index (χ1n) is 6.14. The van der Waals surface area contributed by atoms with Crippen molar-refractivity contribution in [2.75, 3.05) is 23.9 Å². The van der Waals surface area contributed by atoms with Crippen molar-refractivity contribution in [2.45, 2.75) is 25.5 Å². The smallest absolute Gasteiger partial charge is 0.150 e. The molecule has 0 spiro atoms. The third-order valence-corrected chi connectivity index (χ3v) is 4.91. The van der Waals surface area contributed by atoms with Gasteiger partial charge in [-0.15, -0.1) is 0 Å². The van der Waals surface area contributed by atoms with Gasteiger partial charge >= 0.3 is 0 Å². The van der Waals surface area contributed by atoms with E-state index in [1.165, 1.54) is 0 Å². The summed E-state index contributed by atoms with van der Waals surface area (Å²) in [6, 6.07) is 8.33. The van der Waals surface area contributed by atoms with E-state index >= 15 is 0 Å². The van der Waals surface area contributed by atoms with Crippen molar-refractivity contribution >= 4 is 15.5 Å². The van der Waals surface area contributed by atoms with Crippen LogP contribution in [0.25, 0.3) is 0 Å². The Morgan fingerprint density at radius 3 is 2.39 bits per heavy atom. The van der Waals surface area contributed by atoms with Crippen molar-refractivity contribution in [2.24, 2.45) is 0 Å². The molecule has 0 bridgehead atoms. The van der Waals surface area contributed by atoms with Gasteiger partial charge in [0, 0.05) is 18.8 Å². The molecule has 0 saturated carbocycles. The lowest BCUT2D eigenvalue weighted by molar-refractivity contribution is 0.185. The van der Waals surface area contributed by atoms with Gasteiger partial charge in [0.2, 0.25) is 0 Å². The van der Waals surface area contributed by atoms with Crippen LogP contribution in [0.5, 0.6) is 0 Å². The molecule has 2 rings (SSSR count). The summed E-state index contributed by atoms with van der Waals surface area (Å²) in [5, 5.41) is 3.38. The summed E-state index contributed by atoms with van der Waals surface area (Å²) in [6.07, 6.45) is 1.39. The van der Waals surface area contributed by atoms with E-state index < -0.39 is 9.84 Å². The minimum absolute atomic E-state index is 0.266. The van der Waals surface area contributed by atoms with Crippen molar-refractivity contribution in [3.8, 4) is 0 Å². The number of methoxy groups -OCH3 is 1. The van der Waals surface area contributed by atoms with Gasteiger partial charge in [-0.3, -0.25) is 0 Å². The molecule has 0 amide bonds. The lowest BCUT2D eigenvalue weighted by Crippen LogP contribution is -2.32. The van der Waals surface area contributed by atoms with Crippen LogP contribution in [-0.4, -0.2) is 33.1 Å².